The number of aromatic nitrogens is 5. The van der Waals surface area contributed by atoms with Crippen molar-refractivity contribution in [2.24, 2.45) is 0 Å². The van der Waals surface area contributed by atoms with Gasteiger partial charge in [-0.25, -0.2) is 29.7 Å². The summed E-state index contributed by atoms with van der Waals surface area (Å²) in [7, 11) is -1.81. The topological polar surface area (TPSA) is 336 Å². The molecule has 5 aliphatic rings. The molecule has 0 spiro atoms. The Balaban J connectivity index is 0.000000184. The molecule has 10 heterocycles. The van der Waals surface area contributed by atoms with Gasteiger partial charge in [0.25, 0.3) is 23.6 Å². The lowest BCUT2D eigenvalue weighted by molar-refractivity contribution is 0.0688. The number of rotatable bonds is 24. The lowest BCUT2D eigenvalue weighted by Gasteiger charge is -2.37. The van der Waals surface area contributed by atoms with Crippen LogP contribution >= 0.6 is 0 Å². The molecule has 16 rings (SSSR count). The number of carboxylic acid groups (broad SMARTS) is 1. The Morgan fingerprint density at radius 3 is 0.847 bits per heavy atom. The largest absolute Gasteiger partial charge is 0.477 e. The van der Waals surface area contributed by atoms with Crippen LogP contribution in [0, 0.1) is 76.2 Å². The predicted molar refractivity (Wildman–Crippen MR) is 555 cm³/mol. The SMILES string of the molecule is CCCN1CCc2c(C)cc(C(=O)Nc3cccc(-c4cccc(NC(=O)c5cc(C)c6c(n5)CN(CCO[Si](C)(C)C(C)(C)C)CC6)c4C)c3C)nc2C1.CCCN1CCc2c(C)cc(C(=O)O)nc2C1.Cc1c(N)cccc1-c1cccc(N)c1C.Cc1cc(C(=O)Nc2cccc(-c3cccc(NC(=O)c4cc(C)c5c(n4)CN(CCO)CC5)c3C)c2C)nc2c1CCN(CCO)C2.[B]. The number of aromatic carboxylic acids is 1. The number of nitrogens with one attached hydrogen (secondary N) is 4. The second-order valence-corrected chi connectivity index (χ2v) is 43.3. The molecule has 3 radical (unpaired) electrons. The van der Waals surface area contributed by atoms with E-state index in [0.717, 1.165) is 256 Å². The second kappa shape index (κ2) is 46.0. The van der Waals surface area contributed by atoms with Gasteiger partial charge in [0.1, 0.15) is 28.5 Å². The molecule has 0 unspecified atom stereocenters. The second-order valence-electron chi connectivity index (χ2n) is 38.5. The fourth-order valence-corrected chi connectivity index (χ4v) is 20.0. The zero-order valence-corrected chi connectivity index (χ0v) is 84.5. The number of β-amino-alcohol motifs (C(OH)–C–C–N with tert-alkyl or cyclic N) is 2. The Kier molecular flexibility index (Phi) is 34.9. The summed E-state index contributed by atoms with van der Waals surface area (Å²) >= 11 is 0. The van der Waals surface area contributed by atoms with E-state index in [1.165, 1.54) is 27.8 Å². The highest BCUT2D eigenvalue weighted by atomic mass is 28.4. The first-order chi connectivity index (χ1) is 64.9. The molecule has 11 aromatic rings. The summed E-state index contributed by atoms with van der Waals surface area (Å²) in [4.78, 5) is 100. The first kappa shape index (κ1) is 104. The van der Waals surface area contributed by atoms with Crippen molar-refractivity contribution in [1.29, 1.82) is 0 Å². The third-order valence-corrected chi connectivity index (χ3v) is 32.6. The van der Waals surface area contributed by atoms with Crippen molar-refractivity contribution in [2.75, 3.05) is 118 Å². The van der Waals surface area contributed by atoms with Crippen molar-refractivity contribution in [1.82, 2.24) is 49.4 Å². The van der Waals surface area contributed by atoms with Gasteiger partial charge < -0.3 is 52.5 Å². The minimum atomic E-state index is -1.81. The maximum Gasteiger partial charge on any atom is 0.354 e. The normalized spacial score (nSPS) is 14.3. The highest BCUT2D eigenvalue weighted by Crippen LogP contribution is 2.41. The lowest BCUT2D eigenvalue weighted by atomic mass is 9.94. The molecular weight excluding hydrogens is 1730 g/mol. The van der Waals surface area contributed by atoms with Crippen LogP contribution in [0.2, 0.25) is 18.1 Å². The van der Waals surface area contributed by atoms with Crippen molar-refractivity contribution in [3.8, 4) is 33.4 Å². The van der Waals surface area contributed by atoms with Crippen LogP contribution in [0.4, 0.5) is 34.1 Å². The van der Waals surface area contributed by atoms with E-state index >= 15 is 0 Å². The van der Waals surface area contributed by atoms with Crippen molar-refractivity contribution in [2.45, 2.75) is 207 Å². The van der Waals surface area contributed by atoms with E-state index in [4.69, 9.17) is 40.9 Å². The number of amides is 4. The quantitative estimate of drug-likeness (QED) is 0.0200. The Labute approximate surface area is 812 Å². The molecule has 0 fully saturated rings. The van der Waals surface area contributed by atoms with Crippen LogP contribution < -0.4 is 32.7 Å². The fraction of sp³-hybridized carbons (Fsp3) is 0.400. The van der Waals surface area contributed by atoms with Crippen molar-refractivity contribution >= 4 is 80.5 Å². The number of aryl methyl sites for hydroxylation is 5. The number of aliphatic hydroxyl groups is 2. The van der Waals surface area contributed by atoms with E-state index in [9.17, 15) is 34.2 Å². The molecule has 4 amide bonds. The molecule has 0 saturated carbocycles. The number of pyridine rings is 5. The molecule has 0 aliphatic carbocycles. The molecule has 137 heavy (non-hydrogen) atoms. The van der Waals surface area contributed by atoms with Gasteiger partial charge in [-0.1, -0.05) is 107 Å². The van der Waals surface area contributed by atoms with E-state index in [1.807, 2.05) is 172 Å². The Bertz CT molecular complexity index is 6110. The van der Waals surface area contributed by atoms with Gasteiger partial charge in [-0.3, -0.25) is 43.7 Å². The molecule has 27 heteroatoms. The van der Waals surface area contributed by atoms with Gasteiger partial charge in [0.2, 0.25) is 0 Å². The summed E-state index contributed by atoms with van der Waals surface area (Å²) in [5.74, 6) is -1.93. The molecule has 5 aromatic heterocycles. The Morgan fingerprint density at radius 1 is 0.365 bits per heavy atom. The molecule has 25 nitrogen and oxygen atoms in total. The number of aliphatic hydroxyl groups excluding tert-OH is 2. The Hall–Kier alpha value is -12.0. The number of nitrogens with zero attached hydrogens (tertiary/aromatic N) is 10. The summed E-state index contributed by atoms with van der Waals surface area (Å²) in [6, 6.07) is 44.7. The third-order valence-electron chi connectivity index (χ3n) is 28.1. The summed E-state index contributed by atoms with van der Waals surface area (Å²) in [5.41, 5.74) is 46.4. The minimum absolute atomic E-state index is 0. The molecular formula is C110H138BN16O9Si. The van der Waals surface area contributed by atoms with E-state index in [-0.39, 0.29) is 56.0 Å². The van der Waals surface area contributed by atoms with Gasteiger partial charge in [-0.05, 0) is 341 Å². The van der Waals surface area contributed by atoms with Gasteiger partial charge in [0, 0.05) is 134 Å². The van der Waals surface area contributed by atoms with Crippen molar-refractivity contribution in [3.05, 3.63) is 285 Å². The number of carboxylic acids is 1. The van der Waals surface area contributed by atoms with Crippen LogP contribution in [0.3, 0.4) is 0 Å². The van der Waals surface area contributed by atoms with Gasteiger partial charge >= 0.3 is 5.97 Å². The smallest absolute Gasteiger partial charge is 0.354 e. The highest BCUT2D eigenvalue weighted by molar-refractivity contribution is 6.74. The number of carbonyl (C=O) groups excluding carboxylic acids is 4. The molecule has 5 aliphatic heterocycles. The molecule has 0 atom stereocenters. The van der Waals surface area contributed by atoms with Gasteiger partial charge in [-0.15, -0.1) is 0 Å². The maximum atomic E-state index is 13.8. The first-order valence-electron chi connectivity index (χ1n) is 48.0. The molecule has 719 valence electrons. The van der Waals surface area contributed by atoms with E-state index in [0.29, 0.717) is 73.5 Å². The highest BCUT2D eigenvalue weighted by Gasteiger charge is 2.38. The third kappa shape index (κ3) is 24.8. The molecule has 0 saturated heterocycles. The number of hydrogen-bond acceptors (Lipinski definition) is 20. The molecule has 11 N–H and O–H groups in total. The van der Waals surface area contributed by atoms with Crippen LogP contribution in [0.25, 0.3) is 33.4 Å². The number of carbonyl (C=O) groups is 5. The van der Waals surface area contributed by atoms with E-state index < -0.39 is 14.3 Å². The average molecular weight is 1870 g/mol. The minimum Gasteiger partial charge on any atom is -0.477 e. The molecule has 6 aromatic carbocycles. The average Bonchev–Trinajstić information content (AvgIpc) is 0.783. The number of nitrogens with two attached hydrogens (primary N) is 2. The Morgan fingerprint density at radius 2 is 0.599 bits per heavy atom. The number of nitrogen functional groups attached to an aromatic ring is 2. The van der Waals surface area contributed by atoms with Crippen molar-refractivity contribution < 1.29 is 43.7 Å². The maximum absolute atomic E-state index is 13.8. The summed E-state index contributed by atoms with van der Waals surface area (Å²) in [6.07, 6.45) is 6.77. The summed E-state index contributed by atoms with van der Waals surface area (Å²) in [5, 5.41) is 40.4. The molecule has 0 bridgehead atoms. The van der Waals surface area contributed by atoms with Gasteiger partial charge in [-0.2, -0.15) is 0 Å². The zero-order valence-electron chi connectivity index (χ0n) is 83.5. The fourth-order valence-electron chi connectivity index (χ4n) is 19.0. The van der Waals surface area contributed by atoms with Crippen LogP contribution in [0.15, 0.2) is 140 Å². The zero-order chi connectivity index (χ0) is 97.7. The van der Waals surface area contributed by atoms with Gasteiger partial charge in [0.15, 0.2) is 8.32 Å². The van der Waals surface area contributed by atoms with Crippen LogP contribution in [0.1, 0.15) is 217 Å². The standard InChI is InChI=1S/C45H60N6O3Si.C38H44N6O4.C14H16N2.C13H18N2O2.B/c1-11-20-50-21-18-33-29(2)25-39(46-41(33)27-50)43(52)48-37-16-12-14-35(31(37)4)36-15-13-17-38(32(36)5)49-44(53)40-26-30(3)34-19-22-51(28-42(34)47-40)23-24-54-55(9,10)45(6,7)8;1-23-19-33(39-35-21-43(15-17-45)13-11-27(23)35)37(47)41-31-9-5-7-29(25(31)3)30-8-6-10-32(26(30)4)42-38(48)34-20-24(2)28-12-14-44(16-18-46)22-36(28)40-34;1-9-11(5-3-7-13(9)15)12-6-4-8-14(16)10(12)2;1-3-5-15-6-4-10-9(2)7-11(13(16)17)14-12(10)8-15;/h12-17,25-26H,11,18-24,27-28H2,1-10H3,(H,48,52)(H,49,53);5-10,19-20,45-46H,11-18,21-22H2,1-4H3,(H,41,47)(H,42,48);3-8H,15-16H2,1-2H3;7H,3-6,8H2,1-2H3,(H,16,17);. The monoisotopic (exact) mass is 1870 g/mol. The van der Waals surface area contributed by atoms with E-state index in [2.05, 4.69) is 137 Å². The summed E-state index contributed by atoms with van der Waals surface area (Å²) < 4.78 is 6.46. The van der Waals surface area contributed by atoms with Crippen LogP contribution in [-0.2, 0) is 69.3 Å². The predicted octanol–water partition coefficient (Wildman–Crippen LogP) is 18.2. The van der Waals surface area contributed by atoms with E-state index in [1.54, 1.807) is 6.07 Å². The summed E-state index contributed by atoms with van der Waals surface area (Å²) in [6.45, 7) is 51.3. The number of anilines is 6. The lowest BCUT2D eigenvalue weighted by Crippen LogP contribution is -2.43. The van der Waals surface area contributed by atoms with Gasteiger partial charge in [0.05, 0.1) is 41.7 Å². The first-order valence-corrected chi connectivity index (χ1v) is 50.9. The number of hydrogen-bond donors (Lipinski definition) is 9. The van der Waals surface area contributed by atoms with Crippen LogP contribution in [0.5, 0.6) is 0 Å². The number of benzene rings is 6. The number of fused-ring (bicyclic) bond motifs is 5. The van der Waals surface area contributed by atoms with Crippen molar-refractivity contribution in [3.63, 3.8) is 0 Å². The van der Waals surface area contributed by atoms with Crippen LogP contribution in [-0.4, -0.2) is 196 Å².